The van der Waals surface area contributed by atoms with Gasteiger partial charge in [0.2, 0.25) is 5.91 Å². The Hall–Kier alpha value is -1.93. The summed E-state index contributed by atoms with van der Waals surface area (Å²) in [6.07, 6.45) is 0. The van der Waals surface area contributed by atoms with Crippen LogP contribution in [0.25, 0.3) is 0 Å². The number of aromatic nitrogens is 2. The number of nitrogens with two attached hydrogens (primary N) is 1. The van der Waals surface area contributed by atoms with Gasteiger partial charge in [-0.25, -0.2) is 9.97 Å². The van der Waals surface area contributed by atoms with Gasteiger partial charge in [-0.3, -0.25) is 4.79 Å². The molecule has 0 aromatic carbocycles. The van der Waals surface area contributed by atoms with Crippen molar-refractivity contribution in [2.45, 2.75) is 12.6 Å². The van der Waals surface area contributed by atoms with E-state index < -0.39 is 6.04 Å². The van der Waals surface area contributed by atoms with Gasteiger partial charge in [-0.05, 0) is 0 Å². The fourth-order valence-corrected chi connectivity index (χ4v) is 2.11. The molecule has 20 heavy (non-hydrogen) atoms. The molecule has 1 aromatic heterocycles. The standard InChI is InChI=1S/C12H19N5O3/c1-14-12(18)8-6-20-4-3-17(8)11-5-9(13)15-10(16-11)7-19-2/h5,8H,3-4,6-7H2,1-2H3,(H,14,18)(H2,13,15,16). The van der Waals surface area contributed by atoms with Crippen molar-refractivity contribution in [1.29, 1.82) is 0 Å². The second-order valence-corrected chi connectivity index (χ2v) is 4.40. The van der Waals surface area contributed by atoms with Crippen LogP contribution in [0.15, 0.2) is 6.07 Å². The Morgan fingerprint density at radius 3 is 3.15 bits per heavy atom. The van der Waals surface area contributed by atoms with Crippen LogP contribution >= 0.6 is 0 Å². The van der Waals surface area contributed by atoms with Crippen molar-refractivity contribution in [3.63, 3.8) is 0 Å². The molecule has 0 bridgehead atoms. The zero-order chi connectivity index (χ0) is 14.5. The minimum absolute atomic E-state index is 0.116. The summed E-state index contributed by atoms with van der Waals surface area (Å²) in [7, 11) is 3.16. The molecule has 1 aliphatic rings. The van der Waals surface area contributed by atoms with E-state index in [1.807, 2.05) is 4.90 Å². The molecule has 0 saturated carbocycles. The van der Waals surface area contributed by atoms with Crippen molar-refractivity contribution in [3.05, 3.63) is 11.9 Å². The topological polar surface area (TPSA) is 103 Å². The molecule has 8 nitrogen and oxygen atoms in total. The molecule has 3 N–H and O–H groups in total. The molecule has 1 fully saturated rings. The summed E-state index contributed by atoms with van der Waals surface area (Å²) in [4.78, 5) is 22.3. The summed E-state index contributed by atoms with van der Waals surface area (Å²) in [5.74, 6) is 1.34. The van der Waals surface area contributed by atoms with E-state index in [9.17, 15) is 4.79 Å². The highest BCUT2D eigenvalue weighted by molar-refractivity contribution is 5.85. The molecule has 1 amide bonds. The van der Waals surface area contributed by atoms with Crippen LogP contribution in [0.3, 0.4) is 0 Å². The average molecular weight is 281 g/mol. The van der Waals surface area contributed by atoms with E-state index in [0.717, 1.165) is 0 Å². The van der Waals surface area contributed by atoms with Crippen molar-refractivity contribution < 1.29 is 14.3 Å². The predicted molar refractivity (Wildman–Crippen MR) is 73.2 cm³/mol. The monoisotopic (exact) mass is 281 g/mol. The Morgan fingerprint density at radius 2 is 2.45 bits per heavy atom. The quantitative estimate of drug-likeness (QED) is 0.741. The van der Waals surface area contributed by atoms with E-state index in [4.69, 9.17) is 15.2 Å². The van der Waals surface area contributed by atoms with Gasteiger partial charge < -0.3 is 25.4 Å². The van der Waals surface area contributed by atoms with Crippen LogP contribution in [-0.2, 0) is 20.9 Å². The first-order valence-electron chi connectivity index (χ1n) is 6.34. The molecule has 110 valence electrons. The first kappa shape index (κ1) is 14.5. The Bertz CT molecular complexity index is 482. The molecule has 2 rings (SSSR count). The molecular weight excluding hydrogens is 262 g/mol. The number of carbonyl (C=O) groups excluding carboxylic acids is 1. The number of nitrogens with one attached hydrogen (secondary N) is 1. The fourth-order valence-electron chi connectivity index (χ4n) is 2.11. The second-order valence-electron chi connectivity index (χ2n) is 4.40. The van der Waals surface area contributed by atoms with E-state index in [1.165, 1.54) is 0 Å². The van der Waals surface area contributed by atoms with Gasteiger partial charge in [0.05, 0.1) is 13.2 Å². The Balaban J connectivity index is 2.29. The molecule has 8 heteroatoms. The van der Waals surface area contributed by atoms with Crippen LogP contribution in [0, 0.1) is 0 Å². The Labute approximate surface area is 117 Å². The van der Waals surface area contributed by atoms with Gasteiger partial charge in [-0.1, -0.05) is 0 Å². The van der Waals surface area contributed by atoms with Gasteiger partial charge in [0.25, 0.3) is 0 Å². The molecule has 1 saturated heterocycles. The highest BCUT2D eigenvalue weighted by Gasteiger charge is 2.30. The lowest BCUT2D eigenvalue weighted by Crippen LogP contribution is -2.53. The van der Waals surface area contributed by atoms with Crippen LogP contribution in [0.5, 0.6) is 0 Å². The molecular formula is C12H19N5O3. The third-order valence-corrected chi connectivity index (χ3v) is 3.02. The van der Waals surface area contributed by atoms with Gasteiger partial charge in [0.1, 0.15) is 24.3 Å². The first-order chi connectivity index (χ1) is 9.65. The molecule has 0 spiro atoms. The number of nitrogen functional groups attached to an aromatic ring is 1. The lowest BCUT2D eigenvalue weighted by Gasteiger charge is -2.35. The van der Waals surface area contributed by atoms with Crippen molar-refractivity contribution >= 4 is 17.5 Å². The van der Waals surface area contributed by atoms with Crippen LogP contribution in [-0.4, -0.2) is 55.8 Å². The van der Waals surface area contributed by atoms with Crippen LogP contribution < -0.4 is 16.0 Å². The zero-order valence-electron chi connectivity index (χ0n) is 11.6. The van der Waals surface area contributed by atoms with Crippen molar-refractivity contribution in [2.24, 2.45) is 0 Å². The summed E-state index contributed by atoms with van der Waals surface area (Å²) < 4.78 is 10.4. The SMILES string of the molecule is CNC(=O)C1COCCN1c1cc(N)nc(COC)n1. The number of nitrogens with zero attached hydrogens (tertiary/aromatic N) is 3. The second kappa shape index (κ2) is 6.49. The predicted octanol–water partition coefficient (Wildman–Crippen LogP) is -0.844. The number of morpholine rings is 1. The van der Waals surface area contributed by atoms with Gasteiger partial charge in [-0.15, -0.1) is 0 Å². The smallest absolute Gasteiger partial charge is 0.244 e. The summed E-state index contributed by atoms with van der Waals surface area (Å²) >= 11 is 0. The third-order valence-electron chi connectivity index (χ3n) is 3.02. The number of likely N-dealkylation sites (N-methyl/N-ethyl adjacent to an activating group) is 1. The zero-order valence-corrected chi connectivity index (χ0v) is 11.6. The maximum atomic E-state index is 11.9. The molecule has 2 heterocycles. The Morgan fingerprint density at radius 1 is 1.65 bits per heavy atom. The number of hydrogen-bond donors (Lipinski definition) is 2. The summed E-state index contributed by atoms with van der Waals surface area (Å²) in [5, 5.41) is 2.63. The van der Waals surface area contributed by atoms with Gasteiger partial charge in [-0.2, -0.15) is 0 Å². The van der Waals surface area contributed by atoms with E-state index in [1.54, 1.807) is 20.2 Å². The number of amides is 1. The number of methoxy groups -OCH3 is 1. The molecule has 1 aliphatic heterocycles. The number of carbonyl (C=O) groups is 1. The van der Waals surface area contributed by atoms with Crippen molar-refractivity contribution in [1.82, 2.24) is 15.3 Å². The van der Waals surface area contributed by atoms with E-state index in [0.29, 0.717) is 37.2 Å². The number of rotatable bonds is 4. The van der Waals surface area contributed by atoms with Crippen molar-refractivity contribution in [2.75, 3.05) is 44.5 Å². The summed E-state index contributed by atoms with van der Waals surface area (Å²) in [5.41, 5.74) is 5.79. The van der Waals surface area contributed by atoms with E-state index >= 15 is 0 Å². The first-order valence-corrected chi connectivity index (χ1v) is 6.34. The van der Waals surface area contributed by atoms with E-state index in [2.05, 4.69) is 15.3 Å². The highest BCUT2D eigenvalue weighted by Crippen LogP contribution is 2.19. The Kier molecular flexibility index (Phi) is 4.70. The molecule has 1 aromatic rings. The molecule has 0 radical (unpaired) electrons. The maximum absolute atomic E-state index is 11.9. The normalized spacial score (nSPS) is 18.9. The maximum Gasteiger partial charge on any atom is 0.244 e. The average Bonchev–Trinajstić information content (AvgIpc) is 2.46. The molecule has 1 unspecified atom stereocenters. The van der Waals surface area contributed by atoms with Crippen molar-refractivity contribution in [3.8, 4) is 0 Å². The summed E-state index contributed by atoms with van der Waals surface area (Å²) in [6, 6.07) is 1.24. The van der Waals surface area contributed by atoms with Gasteiger partial charge in [0, 0.05) is 26.8 Å². The fraction of sp³-hybridized carbons (Fsp3) is 0.583. The third kappa shape index (κ3) is 3.14. The minimum Gasteiger partial charge on any atom is -0.384 e. The largest absolute Gasteiger partial charge is 0.384 e. The van der Waals surface area contributed by atoms with Crippen LogP contribution in [0.2, 0.25) is 0 Å². The van der Waals surface area contributed by atoms with Crippen LogP contribution in [0.4, 0.5) is 11.6 Å². The summed E-state index contributed by atoms with van der Waals surface area (Å²) in [6.45, 7) is 1.70. The number of anilines is 2. The molecule has 1 atom stereocenters. The lowest BCUT2D eigenvalue weighted by atomic mass is 10.2. The van der Waals surface area contributed by atoms with Crippen LogP contribution in [0.1, 0.15) is 5.82 Å². The lowest BCUT2D eigenvalue weighted by molar-refractivity contribution is -0.124. The molecule has 0 aliphatic carbocycles. The minimum atomic E-state index is -0.418. The van der Waals surface area contributed by atoms with Gasteiger partial charge >= 0.3 is 0 Å². The number of ether oxygens (including phenoxy) is 2. The highest BCUT2D eigenvalue weighted by atomic mass is 16.5. The number of hydrogen-bond acceptors (Lipinski definition) is 7. The van der Waals surface area contributed by atoms with Gasteiger partial charge in [0.15, 0.2) is 5.82 Å². The van der Waals surface area contributed by atoms with E-state index in [-0.39, 0.29) is 12.5 Å².